The molecule has 0 radical (unpaired) electrons. The summed E-state index contributed by atoms with van der Waals surface area (Å²) in [6.45, 7) is 1.65. The van der Waals surface area contributed by atoms with Crippen molar-refractivity contribution in [1.29, 1.82) is 0 Å². The van der Waals surface area contributed by atoms with Gasteiger partial charge in [-0.1, -0.05) is 0 Å². The van der Waals surface area contributed by atoms with Crippen molar-refractivity contribution < 1.29 is 13.5 Å². The van der Waals surface area contributed by atoms with Crippen LogP contribution in [0.1, 0.15) is 33.9 Å². The zero-order valence-corrected chi connectivity index (χ0v) is 14.0. The highest BCUT2D eigenvalue weighted by atomic mass is 32.2. The molecule has 0 aromatic carbocycles. The molecular formula is C13H16N2O3S3. The molecule has 0 saturated carbocycles. The van der Waals surface area contributed by atoms with E-state index in [0.717, 1.165) is 48.3 Å². The minimum Gasteiger partial charge on any atom is -0.391 e. The molecule has 8 heteroatoms. The molecule has 2 heterocycles. The Morgan fingerprint density at radius 3 is 2.76 bits per heavy atom. The zero-order chi connectivity index (χ0) is 15.0. The third kappa shape index (κ3) is 2.98. The predicted octanol–water partition coefficient (Wildman–Crippen LogP) is 2.68. The summed E-state index contributed by atoms with van der Waals surface area (Å²) in [5.74, 6) is 0. The number of thiazole rings is 1. The highest BCUT2D eigenvalue weighted by molar-refractivity contribution is 7.94. The fourth-order valence-corrected chi connectivity index (χ4v) is 6.07. The van der Waals surface area contributed by atoms with Gasteiger partial charge in [-0.25, -0.2) is 13.4 Å². The van der Waals surface area contributed by atoms with Crippen LogP contribution < -0.4 is 4.72 Å². The SMILES string of the molecule is Cc1cc(S(=O)(=O)Nc2nc3c(s2)CCCC3)sc1CO. The maximum Gasteiger partial charge on any atom is 0.273 e. The number of rotatable bonds is 4. The van der Waals surface area contributed by atoms with Crippen molar-refractivity contribution in [2.75, 3.05) is 4.72 Å². The minimum absolute atomic E-state index is 0.141. The van der Waals surface area contributed by atoms with Crippen LogP contribution in [0, 0.1) is 6.92 Å². The second-order valence-corrected chi connectivity index (χ2v) is 9.16. The molecule has 2 aromatic rings. The molecule has 21 heavy (non-hydrogen) atoms. The molecule has 0 saturated heterocycles. The maximum atomic E-state index is 12.4. The summed E-state index contributed by atoms with van der Waals surface area (Å²) in [4.78, 5) is 6.26. The number of nitrogens with one attached hydrogen (secondary N) is 1. The van der Waals surface area contributed by atoms with E-state index in [2.05, 4.69) is 9.71 Å². The fourth-order valence-electron chi connectivity index (χ4n) is 2.34. The molecule has 1 aliphatic rings. The largest absolute Gasteiger partial charge is 0.391 e. The van der Waals surface area contributed by atoms with Gasteiger partial charge in [-0.2, -0.15) is 0 Å². The zero-order valence-electron chi connectivity index (χ0n) is 11.5. The van der Waals surface area contributed by atoms with Gasteiger partial charge in [-0.15, -0.1) is 22.7 Å². The van der Waals surface area contributed by atoms with Crippen LogP contribution in [0.25, 0.3) is 0 Å². The second kappa shape index (κ2) is 5.68. The van der Waals surface area contributed by atoms with Crippen molar-refractivity contribution in [2.24, 2.45) is 0 Å². The number of sulfonamides is 1. The van der Waals surface area contributed by atoms with Crippen LogP contribution >= 0.6 is 22.7 Å². The van der Waals surface area contributed by atoms with Crippen molar-refractivity contribution >= 4 is 37.8 Å². The fraction of sp³-hybridized carbons (Fsp3) is 0.462. The summed E-state index contributed by atoms with van der Waals surface area (Å²) in [6, 6.07) is 1.59. The molecule has 3 rings (SSSR count). The Morgan fingerprint density at radius 1 is 1.33 bits per heavy atom. The van der Waals surface area contributed by atoms with E-state index in [-0.39, 0.29) is 10.8 Å². The lowest BCUT2D eigenvalue weighted by Crippen LogP contribution is -2.11. The first-order valence-corrected chi connectivity index (χ1v) is 9.83. The number of aromatic nitrogens is 1. The predicted molar refractivity (Wildman–Crippen MR) is 84.5 cm³/mol. The molecular weight excluding hydrogens is 328 g/mol. The van der Waals surface area contributed by atoms with Crippen LogP contribution in [0.2, 0.25) is 0 Å². The first-order chi connectivity index (χ1) is 9.99. The molecule has 0 spiro atoms. The topological polar surface area (TPSA) is 79.3 Å². The van der Waals surface area contributed by atoms with Gasteiger partial charge in [0.1, 0.15) is 4.21 Å². The number of fused-ring (bicyclic) bond motifs is 1. The van der Waals surface area contributed by atoms with Crippen LogP contribution in [0.3, 0.4) is 0 Å². The highest BCUT2D eigenvalue weighted by Crippen LogP contribution is 2.32. The summed E-state index contributed by atoms with van der Waals surface area (Å²) in [6.07, 6.45) is 4.18. The van der Waals surface area contributed by atoms with Gasteiger partial charge >= 0.3 is 0 Å². The Hall–Kier alpha value is -0.960. The van der Waals surface area contributed by atoms with Crippen molar-refractivity contribution in [3.63, 3.8) is 0 Å². The number of anilines is 1. The highest BCUT2D eigenvalue weighted by Gasteiger charge is 2.22. The van der Waals surface area contributed by atoms with E-state index in [1.165, 1.54) is 16.2 Å². The van der Waals surface area contributed by atoms with Crippen molar-refractivity contribution in [3.8, 4) is 0 Å². The average Bonchev–Trinajstić information content (AvgIpc) is 3.00. The smallest absolute Gasteiger partial charge is 0.273 e. The van der Waals surface area contributed by atoms with E-state index in [1.807, 2.05) is 0 Å². The molecule has 0 bridgehead atoms. The van der Waals surface area contributed by atoms with Crippen LogP contribution in [0.5, 0.6) is 0 Å². The monoisotopic (exact) mass is 344 g/mol. The van der Waals surface area contributed by atoms with Crippen molar-refractivity contribution in [1.82, 2.24) is 4.98 Å². The lowest BCUT2D eigenvalue weighted by molar-refractivity contribution is 0.285. The van der Waals surface area contributed by atoms with Crippen LogP contribution in [-0.4, -0.2) is 18.5 Å². The molecule has 0 atom stereocenters. The van der Waals surface area contributed by atoms with E-state index in [1.54, 1.807) is 13.0 Å². The Bertz CT molecular complexity index is 738. The van der Waals surface area contributed by atoms with Gasteiger partial charge in [-0.05, 0) is 44.2 Å². The average molecular weight is 344 g/mol. The maximum absolute atomic E-state index is 12.4. The summed E-state index contributed by atoms with van der Waals surface area (Å²) >= 11 is 2.52. The molecule has 0 unspecified atom stereocenters. The number of thiophene rings is 1. The molecule has 0 amide bonds. The Kier molecular flexibility index (Phi) is 4.04. The Morgan fingerprint density at radius 2 is 2.10 bits per heavy atom. The lowest BCUT2D eigenvalue weighted by atomic mass is 10.0. The van der Waals surface area contributed by atoms with Gasteiger partial charge < -0.3 is 5.11 Å². The third-order valence-corrected chi connectivity index (χ3v) is 7.71. The first-order valence-electron chi connectivity index (χ1n) is 6.71. The minimum atomic E-state index is -3.62. The molecule has 0 aliphatic heterocycles. The van der Waals surface area contributed by atoms with Crippen molar-refractivity contribution in [3.05, 3.63) is 27.1 Å². The summed E-state index contributed by atoms with van der Waals surface area (Å²) in [5, 5.41) is 9.63. The number of hydrogen-bond donors (Lipinski definition) is 2. The first kappa shape index (κ1) is 15.0. The third-order valence-electron chi connectivity index (χ3n) is 3.47. The lowest BCUT2D eigenvalue weighted by Gasteiger charge is -2.06. The number of hydrogen-bond acceptors (Lipinski definition) is 6. The van der Waals surface area contributed by atoms with E-state index in [0.29, 0.717) is 10.0 Å². The van der Waals surface area contributed by atoms with Gasteiger partial charge in [0.15, 0.2) is 5.13 Å². The van der Waals surface area contributed by atoms with Gasteiger partial charge in [0, 0.05) is 9.75 Å². The Labute approximate surface area is 131 Å². The summed E-state index contributed by atoms with van der Waals surface area (Å²) < 4.78 is 27.5. The van der Waals surface area contributed by atoms with Crippen LogP contribution in [-0.2, 0) is 29.5 Å². The second-order valence-electron chi connectivity index (χ2n) is 5.03. The van der Waals surface area contributed by atoms with Gasteiger partial charge in [0.25, 0.3) is 10.0 Å². The van der Waals surface area contributed by atoms with Crippen LogP contribution in [0.4, 0.5) is 5.13 Å². The molecule has 5 nitrogen and oxygen atoms in total. The van der Waals surface area contributed by atoms with E-state index >= 15 is 0 Å². The number of aliphatic hydroxyl groups excluding tert-OH is 1. The number of aryl methyl sites for hydroxylation is 3. The van der Waals surface area contributed by atoms with Crippen molar-refractivity contribution in [2.45, 2.75) is 43.4 Å². The van der Waals surface area contributed by atoms with Gasteiger partial charge in [0.2, 0.25) is 0 Å². The summed E-state index contributed by atoms with van der Waals surface area (Å²) in [5.41, 5.74) is 1.82. The molecule has 114 valence electrons. The van der Waals surface area contributed by atoms with E-state index in [9.17, 15) is 13.5 Å². The van der Waals surface area contributed by atoms with Crippen LogP contribution in [0.15, 0.2) is 10.3 Å². The number of aliphatic hydroxyl groups is 1. The summed E-state index contributed by atoms with van der Waals surface area (Å²) in [7, 11) is -3.62. The molecule has 1 aliphatic carbocycles. The standard InChI is InChI=1S/C13H16N2O3S3/c1-8-6-12(19-11(8)7-16)21(17,18)15-13-14-9-4-2-3-5-10(9)20-13/h6,16H,2-5,7H2,1H3,(H,14,15). The normalized spacial score (nSPS) is 15.0. The van der Waals surface area contributed by atoms with E-state index in [4.69, 9.17) is 0 Å². The van der Waals surface area contributed by atoms with E-state index < -0.39 is 10.0 Å². The van der Waals surface area contributed by atoms with Gasteiger partial charge in [-0.3, -0.25) is 4.72 Å². The molecule has 2 N–H and O–H groups in total. The molecule has 0 fully saturated rings. The Balaban J connectivity index is 1.86. The van der Waals surface area contributed by atoms with Gasteiger partial charge in [0.05, 0.1) is 12.3 Å². The quantitative estimate of drug-likeness (QED) is 0.894. The molecule has 2 aromatic heterocycles. The number of nitrogens with zero attached hydrogens (tertiary/aromatic N) is 1.